The summed E-state index contributed by atoms with van der Waals surface area (Å²) in [6.45, 7) is 16.4. The highest BCUT2D eigenvalue weighted by molar-refractivity contribution is 4.96. The molecule has 0 spiro atoms. The summed E-state index contributed by atoms with van der Waals surface area (Å²) < 4.78 is 0. The first-order valence-corrected chi connectivity index (χ1v) is 8.73. The summed E-state index contributed by atoms with van der Waals surface area (Å²) >= 11 is 0. The zero-order valence-electron chi connectivity index (χ0n) is 14.8. The summed E-state index contributed by atoms with van der Waals surface area (Å²) in [4.78, 5) is 2.71. The molecule has 2 N–H and O–H groups in total. The summed E-state index contributed by atoms with van der Waals surface area (Å²) in [6.07, 6.45) is 6.50. The van der Waals surface area contributed by atoms with Gasteiger partial charge in [0.1, 0.15) is 0 Å². The van der Waals surface area contributed by atoms with Crippen molar-refractivity contribution in [2.45, 2.75) is 85.7 Å². The monoisotopic (exact) mass is 282 g/mol. The van der Waals surface area contributed by atoms with Crippen LogP contribution < -0.4 is 5.73 Å². The Morgan fingerprint density at radius 2 is 1.55 bits per heavy atom. The first kappa shape index (κ1) is 18.0. The molecule has 2 nitrogen and oxygen atoms in total. The molecule has 1 aliphatic rings. The molecule has 2 heteroatoms. The van der Waals surface area contributed by atoms with E-state index in [1.54, 1.807) is 0 Å². The third-order valence-electron chi connectivity index (χ3n) is 5.09. The van der Waals surface area contributed by atoms with Crippen LogP contribution in [0, 0.1) is 17.3 Å². The van der Waals surface area contributed by atoms with Crippen LogP contribution in [-0.2, 0) is 0 Å². The molecule has 20 heavy (non-hydrogen) atoms. The van der Waals surface area contributed by atoms with Crippen LogP contribution in [0.2, 0.25) is 0 Å². The summed E-state index contributed by atoms with van der Waals surface area (Å²) in [5, 5.41) is 0. The fourth-order valence-electron chi connectivity index (χ4n) is 3.34. The topological polar surface area (TPSA) is 29.3 Å². The second-order valence-corrected chi connectivity index (χ2v) is 8.37. The minimum atomic E-state index is 0.302. The standard InChI is InChI=1S/C18H38N2/c1-14(2)9-12-20(13-10-15(3)4)16-8-7-11-18(5,6)17(16)19/h14-17H,7-13,19H2,1-6H3. The van der Waals surface area contributed by atoms with Crippen molar-refractivity contribution in [1.82, 2.24) is 4.90 Å². The molecule has 120 valence electrons. The van der Waals surface area contributed by atoms with Gasteiger partial charge in [-0.05, 0) is 56.0 Å². The average molecular weight is 283 g/mol. The Bertz CT molecular complexity index is 259. The van der Waals surface area contributed by atoms with E-state index in [0.717, 1.165) is 11.8 Å². The van der Waals surface area contributed by atoms with Crippen LogP contribution in [0.15, 0.2) is 0 Å². The lowest BCUT2D eigenvalue weighted by atomic mass is 9.70. The molecule has 0 saturated heterocycles. The molecule has 0 amide bonds. The molecule has 1 saturated carbocycles. The number of rotatable bonds is 7. The van der Waals surface area contributed by atoms with Gasteiger partial charge >= 0.3 is 0 Å². The van der Waals surface area contributed by atoms with Gasteiger partial charge in [0.15, 0.2) is 0 Å². The van der Waals surface area contributed by atoms with Crippen molar-refractivity contribution in [2.75, 3.05) is 13.1 Å². The van der Waals surface area contributed by atoms with E-state index in [9.17, 15) is 0 Å². The predicted octanol–water partition coefficient (Wildman–Crippen LogP) is 4.29. The number of nitrogens with two attached hydrogens (primary N) is 1. The van der Waals surface area contributed by atoms with Gasteiger partial charge in [0, 0.05) is 12.1 Å². The summed E-state index contributed by atoms with van der Waals surface area (Å²) in [6, 6.07) is 0.923. The maximum Gasteiger partial charge on any atom is 0.0252 e. The lowest BCUT2D eigenvalue weighted by Gasteiger charge is -2.47. The van der Waals surface area contributed by atoms with Gasteiger partial charge in [0.05, 0.1) is 0 Å². The van der Waals surface area contributed by atoms with Crippen molar-refractivity contribution in [2.24, 2.45) is 23.0 Å². The zero-order valence-corrected chi connectivity index (χ0v) is 14.8. The van der Waals surface area contributed by atoms with Crippen molar-refractivity contribution in [1.29, 1.82) is 0 Å². The largest absolute Gasteiger partial charge is 0.326 e. The van der Waals surface area contributed by atoms with E-state index in [0.29, 0.717) is 17.5 Å². The quantitative estimate of drug-likeness (QED) is 0.755. The van der Waals surface area contributed by atoms with Crippen LogP contribution in [0.1, 0.15) is 73.6 Å². The lowest BCUT2D eigenvalue weighted by molar-refractivity contribution is 0.0617. The molecule has 0 radical (unpaired) electrons. The minimum Gasteiger partial charge on any atom is -0.326 e. The van der Waals surface area contributed by atoms with Crippen LogP contribution in [-0.4, -0.2) is 30.1 Å². The van der Waals surface area contributed by atoms with Gasteiger partial charge in [-0.15, -0.1) is 0 Å². The Morgan fingerprint density at radius 1 is 1.05 bits per heavy atom. The van der Waals surface area contributed by atoms with E-state index < -0.39 is 0 Å². The first-order chi connectivity index (χ1) is 9.24. The molecule has 0 aliphatic heterocycles. The first-order valence-electron chi connectivity index (χ1n) is 8.73. The van der Waals surface area contributed by atoms with Crippen molar-refractivity contribution >= 4 is 0 Å². The highest BCUT2D eigenvalue weighted by atomic mass is 15.2. The van der Waals surface area contributed by atoms with Crippen LogP contribution in [0.5, 0.6) is 0 Å². The molecule has 0 aromatic carbocycles. The van der Waals surface area contributed by atoms with E-state index in [1.807, 2.05) is 0 Å². The fourth-order valence-corrected chi connectivity index (χ4v) is 3.34. The predicted molar refractivity (Wildman–Crippen MR) is 89.9 cm³/mol. The molecular weight excluding hydrogens is 244 g/mol. The molecule has 2 atom stereocenters. The SMILES string of the molecule is CC(C)CCN(CCC(C)C)C1CCCC(C)(C)C1N. The Balaban J connectivity index is 2.69. The number of nitrogens with zero attached hydrogens (tertiary/aromatic N) is 1. The summed E-state index contributed by atoms with van der Waals surface area (Å²) in [5.74, 6) is 1.56. The van der Waals surface area contributed by atoms with E-state index in [-0.39, 0.29) is 0 Å². The highest BCUT2D eigenvalue weighted by Gasteiger charge is 2.38. The molecule has 0 aromatic rings. The third-order valence-corrected chi connectivity index (χ3v) is 5.09. The molecular formula is C18H38N2. The highest BCUT2D eigenvalue weighted by Crippen LogP contribution is 2.36. The molecule has 2 unspecified atom stereocenters. The molecule has 0 heterocycles. The molecule has 0 aromatic heterocycles. The second-order valence-electron chi connectivity index (χ2n) is 8.37. The van der Waals surface area contributed by atoms with Gasteiger partial charge < -0.3 is 5.73 Å². The van der Waals surface area contributed by atoms with Crippen LogP contribution in [0.25, 0.3) is 0 Å². The Morgan fingerprint density at radius 3 is 2.00 bits per heavy atom. The van der Waals surface area contributed by atoms with E-state index in [4.69, 9.17) is 5.73 Å². The summed E-state index contributed by atoms with van der Waals surface area (Å²) in [7, 11) is 0. The van der Waals surface area contributed by atoms with E-state index in [2.05, 4.69) is 46.4 Å². The molecule has 0 bridgehead atoms. The zero-order chi connectivity index (χ0) is 15.3. The van der Waals surface area contributed by atoms with Gasteiger partial charge in [-0.2, -0.15) is 0 Å². The third kappa shape index (κ3) is 5.37. The van der Waals surface area contributed by atoms with Gasteiger partial charge in [-0.25, -0.2) is 0 Å². The van der Waals surface area contributed by atoms with Crippen LogP contribution in [0.4, 0.5) is 0 Å². The Kier molecular flexibility index (Phi) is 7.00. The molecule has 1 fully saturated rings. The number of hydrogen-bond donors (Lipinski definition) is 1. The average Bonchev–Trinajstić information content (AvgIpc) is 2.33. The van der Waals surface area contributed by atoms with Crippen LogP contribution in [0.3, 0.4) is 0 Å². The molecule has 1 aliphatic carbocycles. The Hall–Kier alpha value is -0.0800. The van der Waals surface area contributed by atoms with E-state index >= 15 is 0 Å². The van der Waals surface area contributed by atoms with E-state index in [1.165, 1.54) is 45.2 Å². The van der Waals surface area contributed by atoms with Gasteiger partial charge in [0.2, 0.25) is 0 Å². The fraction of sp³-hybridized carbons (Fsp3) is 1.00. The van der Waals surface area contributed by atoms with Gasteiger partial charge in [-0.1, -0.05) is 48.0 Å². The van der Waals surface area contributed by atoms with Gasteiger partial charge in [-0.3, -0.25) is 4.90 Å². The van der Waals surface area contributed by atoms with Crippen molar-refractivity contribution in [3.05, 3.63) is 0 Å². The second kappa shape index (κ2) is 7.79. The maximum absolute atomic E-state index is 6.63. The van der Waals surface area contributed by atoms with Crippen molar-refractivity contribution in [3.63, 3.8) is 0 Å². The van der Waals surface area contributed by atoms with Gasteiger partial charge in [0.25, 0.3) is 0 Å². The normalized spacial score (nSPS) is 26.7. The van der Waals surface area contributed by atoms with Crippen molar-refractivity contribution < 1.29 is 0 Å². The molecule has 1 rings (SSSR count). The van der Waals surface area contributed by atoms with Crippen LogP contribution >= 0.6 is 0 Å². The smallest absolute Gasteiger partial charge is 0.0252 e. The summed E-state index contributed by atoms with van der Waals surface area (Å²) in [5.41, 5.74) is 6.93. The number of hydrogen-bond acceptors (Lipinski definition) is 2. The lowest BCUT2D eigenvalue weighted by Crippen LogP contribution is -2.57. The minimum absolute atomic E-state index is 0.302. The Labute approximate surface area is 127 Å². The maximum atomic E-state index is 6.63. The van der Waals surface area contributed by atoms with Crippen molar-refractivity contribution in [3.8, 4) is 0 Å².